The van der Waals surface area contributed by atoms with Crippen LogP contribution in [0.15, 0.2) is 42.2 Å². The Balaban J connectivity index is 1.58. The highest BCUT2D eigenvalue weighted by Crippen LogP contribution is 2.32. The summed E-state index contributed by atoms with van der Waals surface area (Å²) in [5.41, 5.74) is 7.90. The lowest BCUT2D eigenvalue weighted by Gasteiger charge is -2.25. The van der Waals surface area contributed by atoms with Gasteiger partial charge in [-0.1, -0.05) is 50.3 Å². The summed E-state index contributed by atoms with van der Waals surface area (Å²) in [5, 5.41) is 5.44. The number of nitrogens with zero attached hydrogens (tertiary/aromatic N) is 1. The minimum absolute atomic E-state index is 0.0507. The molecule has 2 aliphatic rings. The predicted molar refractivity (Wildman–Crippen MR) is 122 cm³/mol. The molecular formula is C24H31FN4O4. The van der Waals surface area contributed by atoms with Gasteiger partial charge in [-0.25, -0.2) is 9.18 Å². The maximum atomic E-state index is 15.0. The molecule has 1 heterocycles. The summed E-state index contributed by atoms with van der Waals surface area (Å²) in [5.74, 6) is -0.670. The van der Waals surface area contributed by atoms with Crippen LogP contribution in [0.4, 0.5) is 9.18 Å². The van der Waals surface area contributed by atoms with Crippen LogP contribution in [0.1, 0.15) is 38.3 Å². The zero-order chi connectivity index (χ0) is 24.1. The SMILES string of the molecule is CC(=O)NC[C@H]1CN(C2C=CC(c3ccc(CNC(=O)[C@H](N)C(C)C)cc3)=C(F)C2)C(=O)O1. The summed E-state index contributed by atoms with van der Waals surface area (Å²) in [6.07, 6.45) is 2.56. The molecule has 33 heavy (non-hydrogen) atoms. The Morgan fingerprint density at radius 1 is 1.24 bits per heavy atom. The van der Waals surface area contributed by atoms with Crippen LogP contribution in [0.2, 0.25) is 0 Å². The average molecular weight is 459 g/mol. The van der Waals surface area contributed by atoms with E-state index < -0.39 is 24.3 Å². The average Bonchev–Trinajstić information content (AvgIpc) is 3.16. The van der Waals surface area contributed by atoms with Crippen molar-refractivity contribution in [3.05, 3.63) is 53.4 Å². The monoisotopic (exact) mass is 458 g/mol. The number of carbonyl (C=O) groups excluding carboxylic acids is 3. The summed E-state index contributed by atoms with van der Waals surface area (Å²) in [6.45, 7) is 6.03. The van der Waals surface area contributed by atoms with Crippen molar-refractivity contribution < 1.29 is 23.5 Å². The molecule has 1 saturated heterocycles. The summed E-state index contributed by atoms with van der Waals surface area (Å²) in [6, 6.07) is 6.27. The maximum Gasteiger partial charge on any atom is 0.410 e. The highest BCUT2D eigenvalue weighted by molar-refractivity contribution is 5.82. The first-order valence-corrected chi connectivity index (χ1v) is 11.1. The molecule has 0 saturated carbocycles. The first kappa shape index (κ1) is 24.4. The van der Waals surface area contributed by atoms with Crippen LogP contribution < -0.4 is 16.4 Å². The van der Waals surface area contributed by atoms with Crippen molar-refractivity contribution in [1.82, 2.24) is 15.5 Å². The van der Waals surface area contributed by atoms with Gasteiger partial charge in [0, 0.05) is 25.5 Å². The van der Waals surface area contributed by atoms with Gasteiger partial charge in [0.15, 0.2) is 0 Å². The van der Waals surface area contributed by atoms with E-state index >= 15 is 0 Å². The molecule has 3 atom stereocenters. The van der Waals surface area contributed by atoms with Crippen LogP contribution in [-0.2, 0) is 20.9 Å². The Morgan fingerprint density at radius 3 is 2.55 bits per heavy atom. The van der Waals surface area contributed by atoms with Crippen molar-refractivity contribution in [2.24, 2.45) is 11.7 Å². The van der Waals surface area contributed by atoms with E-state index in [1.165, 1.54) is 11.8 Å². The molecule has 178 valence electrons. The van der Waals surface area contributed by atoms with Crippen molar-refractivity contribution in [3.8, 4) is 0 Å². The van der Waals surface area contributed by atoms with Crippen molar-refractivity contribution >= 4 is 23.5 Å². The van der Waals surface area contributed by atoms with Crippen molar-refractivity contribution in [2.45, 2.75) is 51.9 Å². The molecule has 1 aliphatic carbocycles. The number of nitrogens with one attached hydrogen (secondary N) is 2. The lowest BCUT2D eigenvalue weighted by Crippen LogP contribution is -2.43. The molecule has 1 aromatic rings. The Kier molecular flexibility index (Phi) is 7.86. The van der Waals surface area contributed by atoms with Crippen LogP contribution in [0.25, 0.3) is 5.57 Å². The molecule has 0 radical (unpaired) electrons. The van der Waals surface area contributed by atoms with Gasteiger partial charge in [0.25, 0.3) is 0 Å². The van der Waals surface area contributed by atoms with Gasteiger partial charge in [0.05, 0.1) is 25.2 Å². The van der Waals surface area contributed by atoms with Gasteiger partial charge in [0.1, 0.15) is 11.9 Å². The van der Waals surface area contributed by atoms with E-state index in [0.29, 0.717) is 17.7 Å². The van der Waals surface area contributed by atoms with Crippen molar-refractivity contribution in [3.63, 3.8) is 0 Å². The Labute approximate surface area is 193 Å². The molecule has 3 amide bonds. The molecular weight excluding hydrogens is 427 g/mol. The van der Waals surface area contributed by atoms with Gasteiger partial charge < -0.3 is 21.1 Å². The standard InChI is InChI=1S/C24H31FN4O4/c1-14(2)22(26)23(31)28-11-16-4-6-17(7-5-16)20-9-8-18(10-21(20)25)29-13-19(33-24(29)32)12-27-15(3)30/h4-9,14,18-19,22H,10-13,26H2,1-3H3,(H,27,30)(H,28,31)/t18?,19-,22+/m0/s1. The number of rotatable bonds is 8. The van der Waals surface area contributed by atoms with E-state index in [9.17, 15) is 18.8 Å². The molecule has 1 unspecified atom stereocenters. The third-order valence-electron chi connectivity index (χ3n) is 5.80. The first-order chi connectivity index (χ1) is 15.7. The Bertz CT molecular complexity index is 958. The second kappa shape index (κ2) is 10.6. The van der Waals surface area contributed by atoms with Crippen molar-refractivity contribution in [1.29, 1.82) is 0 Å². The number of carbonyl (C=O) groups is 3. The van der Waals surface area contributed by atoms with Crippen LogP contribution in [-0.4, -0.2) is 54.1 Å². The summed E-state index contributed by atoms with van der Waals surface area (Å²) in [7, 11) is 0. The number of ether oxygens (including phenoxy) is 1. The van der Waals surface area contributed by atoms with E-state index in [4.69, 9.17) is 10.5 Å². The maximum absolute atomic E-state index is 15.0. The minimum Gasteiger partial charge on any atom is -0.442 e. The number of nitrogens with two attached hydrogens (primary N) is 1. The molecule has 0 bridgehead atoms. The van der Waals surface area contributed by atoms with Crippen LogP contribution in [0.5, 0.6) is 0 Å². The molecule has 1 aromatic carbocycles. The molecule has 0 aromatic heterocycles. The third-order valence-corrected chi connectivity index (χ3v) is 5.80. The highest BCUT2D eigenvalue weighted by atomic mass is 19.1. The first-order valence-electron chi connectivity index (χ1n) is 11.1. The van der Waals surface area contributed by atoms with Crippen LogP contribution >= 0.6 is 0 Å². The largest absolute Gasteiger partial charge is 0.442 e. The molecule has 4 N–H and O–H groups in total. The van der Waals surface area contributed by atoms with E-state index in [0.717, 1.165) is 5.56 Å². The number of cyclic esters (lactones) is 1. The minimum atomic E-state index is -0.558. The van der Waals surface area contributed by atoms with Crippen LogP contribution in [0.3, 0.4) is 0 Å². The van der Waals surface area contributed by atoms with Crippen molar-refractivity contribution in [2.75, 3.05) is 13.1 Å². The van der Waals surface area contributed by atoms with E-state index in [2.05, 4.69) is 10.6 Å². The lowest BCUT2D eigenvalue weighted by molar-refractivity contribution is -0.123. The number of halogens is 1. The fourth-order valence-electron chi connectivity index (χ4n) is 3.71. The van der Waals surface area contributed by atoms with Crippen LogP contribution in [0, 0.1) is 5.92 Å². The van der Waals surface area contributed by atoms with E-state index in [1.807, 2.05) is 26.0 Å². The molecule has 9 heteroatoms. The summed E-state index contributed by atoms with van der Waals surface area (Å²) >= 11 is 0. The summed E-state index contributed by atoms with van der Waals surface area (Å²) < 4.78 is 20.2. The number of hydrogen-bond acceptors (Lipinski definition) is 5. The number of benzene rings is 1. The summed E-state index contributed by atoms with van der Waals surface area (Å²) in [4.78, 5) is 36.7. The van der Waals surface area contributed by atoms with Gasteiger partial charge in [-0.05, 0) is 17.0 Å². The Hall–Kier alpha value is -3.20. The van der Waals surface area contributed by atoms with Gasteiger partial charge >= 0.3 is 6.09 Å². The molecule has 0 spiro atoms. The van der Waals surface area contributed by atoms with Gasteiger partial charge in [0.2, 0.25) is 11.8 Å². The number of allylic oxidation sites excluding steroid dienone is 2. The Morgan fingerprint density at radius 2 is 1.94 bits per heavy atom. The van der Waals surface area contributed by atoms with Gasteiger partial charge in [-0.2, -0.15) is 0 Å². The smallest absolute Gasteiger partial charge is 0.410 e. The fraction of sp³-hybridized carbons (Fsp3) is 0.458. The zero-order valence-corrected chi connectivity index (χ0v) is 19.1. The quantitative estimate of drug-likeness (QED) is 0.553. The predicted octanol–water partition coefficient (Wildman–Crippen LogP) is 2.25. The topological polar surface area (TPSA) is 114 Å². The van der Waals surface area contributed by atoms with E-state index in [-0.39, 0.29) is 43.1 Å². The zero-order valence-electron chi connectivity index (χ0n) is 19.1. The molecule has 3 rings (SSSR count). The second-order valence-electron chi connectivity index (χ2n) is 8.73. The van der Waals surface area contributed by atoms with Gasteiger partial charge in [-0.15, -0.1) is 0 Å². The highest BCUT2D eigenvalue weighted by Gasteiger charge is 2.36. The fourth-order valence-corrected chi connectivity index (χ4v) is 3.71. The molecule has 1 fully saturated rings. The normalized spacial score (nSPS) is 21.3. The number of amides is 3. The second-order valence-corrected chi connectivity index (χ2v) is 8.73. The lowest BCUT2D eigenvalue weighted by atomic mass is 9.94. The third kappa shape index (κ3) is 6.19. The van der Waals surface area contributed by atoms with Gasteiger partial charge in [-0.3, -0.25) is 14.5 Å². The number of hydrogen-bond donors (Lipinski definition) is 3. The molecule has 8 nitrogen and oxygen atoms in total. The molecule has 1 aliphatic heterocycles. The van der Waals surface area contributed by atoms with E-state index in [1.54, 1.807) is 24.3 Å².